The van der Waals surface area contributed by atoms with Crippen LogP contribution < -0.4 is 14.9 Å². The van der Waals surface area contributed by atoms with Crippen LogP contribution in [-0.2, 0) is 4.79 Å². The van der Waals surface area contributed by atoms with Gasteiger partial charge in [-0.2, -0.15) is 5.10 Å². The van der Waals surface area contributed by atoms with Crippen molar-refractivity contribution in [2.75, 3.05) is 13.7 Å². The van der Waals surface area contributed by atoms with Gasteiger partial charge in [0.25, 0.3) is 5.91 Å². The maximum Gasteiger partial charge on any atom is 0.341 e. The Morgan fingerprint density at radius 3 is 2.33 bits per heavy atom. The van der Waals surface area contributed by atoms with Crippen LogP contribution in [0.4, 0.5) is 0 Å². The van der Waals surface area contributed by atoms with Crippen molar-refractivity contribution in [2.24, 2.45) is 5.10 Å². The number of hydrogen-bond acceptors (Lipinski definition) is 5. The highest BCUT2D eigenvalue weighted by molar-refractivity contribution is 9.11. The molecule has 3 aromatic carbocycles. The number of carboxylic acids is 1. The fourth-order valence-corrected chi connectivity index (χ4v) is 4.17. The minimum Gasteiger partial charge on any atom is -0.496 e. The van der Waals surface area contributed by atoms with Gasteiger partial charge in [-0.25, -0.2) is 10.2 Å². The Kier molecular flexibility index (Phi) is 7.07. The molecule has 30 heavy (non-hydrogen) atoms. The normalized spacial score (nSPS) is 10.9. The number of methoxy groups -OCH3 is 1. The number of amides is 1. The molecule has 0 unspecified atom stereocenters. The van der Waals surface area contributed by atoms with E-state index in [1.807, 2.05) is 24.3 Å². The fraction of sp³-hybridized carbons (Fsp3) is 0.0952. The first-order valence-electron chi connectivity index (χ1n) is 8.63. The minimum absolute atomic E-state index is 0.361. The topological polar surface area (TPSA) is 97.2 Å². The molecule has 3 aromatic rings. The lowest BCUT2D eigenvalue weighted by Crippen LogP contribution is -2.18. The van der Waals surface area contributed by atoms with E-state index < -0.39 is 18.5 Å². The first kappa shape index (κ1) is 21.8. The highest BCUT2D eigenvalue weighted by Crippen LogP contribution is 2.34. The molecular formula is C21H16Br2N2O5. The van der Waals surface area contributed by atoms with Crippen LogP contribution in [0, 0.1) is 0 Å². The van der Waals surface area contributed by atoms with Crippen LogP contribution in [0.1, 0.15) is 15.9 Å². The van der Waals surface area contributed by atoms with Crippen LogP contribution >= 0.6 is 31.9 Å². The van der Waals surface area contributed by atoms with Gasteiger partial charge in [0.15, 0.2) is 6.61 Å². The summed E-state index contributed by atoms with van der Waals surface area (Å²) in [5.74, 6) is -0.675. The van der Waals surface area contributed by atoms with Gasteiger partial charge in [-0.3, -0.25) is 4.79 Å². The van der Waals surface area contributed by atoms with Crippen molar-refractivity contribution in [2.45, 2.75) is 0 Å². The van der Waals surface area contributed by atoms with E-state index >= 15 is 0 Å². The van der Waals surface area contributed by atoms with E-state index in [0.29, 0.717) is 31.6 Å². The van der Waals surface area contributed by atoms with Gasteiger partial charge in [-0.15, -0.1) is 0 Å². The summed E-state index contributed by atoms with van der Waals surface area (Å²) in [6, 6.07) is 14.6. The molecule has 154 valence electrons. The van der Waals surface area contributed by atoms with E-state index in [1.54, 1.807) is 24.3 Å². The summed E-state index contributed by atoms with van der Waals surface area (Å²) in [7, 11) is 1.51. The number of carbonyl (C=O) groups excluding carboxylic acids is 1. The number of hydrazone groups is 1. The zero-order valence-corrected chi connectivity index (χ0v) is 18.9. The molecule has 0 radical (unpaired) electrons. The van der Waals surface area contributed by atoms with Crippen LogP contribution in [0.25, 0.3) is 10.8 Å². The number of carbonyl (C=O) groups is 2. The van der Waals surface area contributed by atoms with E-state index in [9.17, 15) is 9.59 Å². The average Bonchev–Trinajstić information content (AvgIpc) is 2.71. The van der Waals surface area contributed by atoms with Crippen molar-refractivity contribution in [3.8, 4) is 11.5 Å². The summed E-state index contributed by atoms with van der Waals surface area (Å²) < 4.78 is 11.7. The number of benzene rings is 3. The molecule has 0 saturated heterocycles. The SMILES string of the molecule is COc1cc2ccccc2cc1C(=O)N/N=C\c1cc(Br)c(OCC(=O)O)c(Br)c1. The van der Waals surface area contributed by atoms with Gasteiger partial charge in [0.2, 0.25) is 0 Å². The molecule has 7 nitrogen and oxygen atoms in total. The quantitative estimate of drug-likeness (QED) is 0.340. The van der Waals surface area contributed by atoms with Crippen LogP contribution in [0.3, 0.4) is 0 Å². The van der Waals surface area contributed by atoms with Gasteiger partial charge in [0.1, 0.15) is 11.5 Å². The van der Waals surface area contributed by atoms with E-state index in [1.165, 1.54) is 13.3 Å². The third kappa shape index (κ3) is 5.17. The molecule has 0 fully saturated rings. The lowest BCUT2D eigenvalue weighted by Gasteiger charge is -2.10. The van der Waals surface area contributed by atoms with Gasteiger partial charge >= 0.3 is 5.97 Å². The second kappa shape index (κ2) is 9.73. The molecule has 0 saturated carbocycles. The Morgan fingerprint density at radius 2 is 1.73 bits per heavy atom. The number of fused-ring (bicyclic) bond motifs is 1. The maximum absolute atomic E-state index is 12.6. The van der Waals surface area contributed by atoms with Gasteiger partial charge in [-0.1, -0.05) is 24.3 Å². The van der Waals surface area contributed by atoms with Crippen molar-refractivity contribution < 1.29 is 24.2 Å². The summed E-state index contributed by atoms with van der Waals surface area (Å²) in [5.41, 5.74) is 3.51. The Morgan fingerprint density at radius 1 is 1.10 bits per heavy atom. The molecule has 0 bridgehead atoms. The van der Waals surface area contributed by atoms with Crippen LogP contribution in [0.2, 0.25) is 0 Å². The van der Waals surface area contributed by atoms with Crippen LogP contribution in [-0.4, -0.2) is 36.9 Å². The minimum atomic E-state index is -1.08. The van der Waals surface area contributed by atoms with Crippen LogP contribution in [0.5, 0.6) is 11.5 Å². The zero-order valence-electron chi connectivity index (χ0n) is 15.7. The Hall–Kier alpha value is -2.91. The fourth-order valence-electron chi connectivity index (χ4n) is 2.72. The molecule has 2 N–H and O–H groups in total. The summed E-state index contributed by atoms with van der Waals surface area (Å²) in [6.45, 7) is -0.464. The number of hydrogen-bond donors (Lipinski definition) is 2. The Balaban J connectivity index is 1.76. The number of ether oxygens (including phenoxy) is 2. The maximum atomic E-state index is 12.6. The smallest absolute Gasteiger partial charge is 0.341 e. The van der Waals surface area contributed by atoms with Gasteiger partial charge < -0.3 is 14.6 Å². The first-order valence-corrected chi connectivity index (χ1v) is 10.2. The van der Waals surface area contributed by atoms with E-state index in [0.717, 1.165) is 10.8 Å². The van der Waals surface area contributed by atoms with Crippen LogP contribution in [0.15, 0.2) is 62.6 Å². The number of nitrogens with one attached hydrogen (secondary N) is 1. The van der Waals surface area contributed by atoms with Crippen molar-refractivity contribution >= 4 is 60.7 Å². The highest BCUT2D eigenvalue weighted by Gasteiger charge is 2.14. The molecule has 9 heteroatoms. The number of rotatable bonds is 7. The second-order valence-corrected chi connectivity index (χ2v) is 7.80. The lowest BCUT2D eigenvalue weighted by atomic mass is 10.1. The molecule has 0 aromatic heterocycles. The molecular weight excluding hydrogens is 520 g/mol. The molecule has 0 spiro atoms. The highest BCUT2D eigenvalue weighted by atomic mass is 79.9. The number of nitrogens with zero attached hydrogens (tertiary/aromatic N) is 1. The summed E-state index contributed by atoms with van der Waals surface area (Å²) in [5, 5.41) is 14.6. The standard InChI is InChI=1S/C21H16Br2N2O5/c1-29-18-9-14-5-3-2-4-13(14)8-15(18)21(28)25-24-10-12-6-16(22)20(17(23)7-12)30-11-19(26)27/h2-10H,11H2,1H3,(H,25,28)(H,26,27)/b24-10-. The monoisotopic (exact) mass is 534 g/mol. The largest absolute Gasteiger partial charge is 0.496 e. The predicted octanol–water partition coefficient (Wildman–Crippen LogP) is 4.60. The summed E-state index contributed by atoms with van der Waals surface area (Å²) in [4.78, 5) is 23.3. The van der Waals surface area contributed by atoms with Crippen molar-refractivity contribution in [1.29, 1.82) is 0 Å². The van der Waals surface area contributed by atoms with Gasteiger partial charge in [-0.05, 0) is 72.5 Å². The Bertz CT molecular complexity index is 1120. The molecule has 0 atom stereocenters. The van der Waals surface area contributed by atoms with Gasteiger partial charge in [0, 0.05) is 0 Å². The molecule has 0 aliphatic rings. The van der Waals surface area contributed by atoms with E-state index in [2.05, 4.69) is 42.4 Å². The predicted molar refractivity (Wildman–Crippen MR) is 121 cm³/mol. The summed E-state index contributed by atoms with van der Waals surface area (Å²) in [6.07, 6.45) is 1.46. The molecule has 0 heterocycles. The molecule has 3 rings (SSSR count). The van der Waals surface area contributed by atoms with Crippen molar-refractivity contribution in [1.82, 2.24) is 5.43 Å². The van der Waals surface area contributed by atoms with Crippen molar-refractivity contribution in [3.63, 3.8) is 0 Å². The Labute approximate surface area is 188 Å². The van der Waals surface area contributed by atoms with E-state index in [4.69, 9.17) is 14.6 Å². The van der Waals surface area contributed by atoms with Gasteiger partial charge in [0.05, 0.1) is 27.8 Å². The second-order valence-electron chi connectivity index (χ2n) is 6.09. The molecule has 0 aliphatic heterocycles. The lowest BCUT2D eigenvalue weighted by molar-refractivity contribution is -0.139. The third-order valence-corrected chi connectivity index (χ3v) is 5.23. The average molecular weight is 536 g/mol. The number of halogens is 2. The third-order valence-electron chi connectivity index (χ3n) is 4.05. The van der Waals surface area contributed by atoms with E-state index in [-0.39, 0.29) is 0 Å². The summed E-state index contributed by atoms with van der Waals surface area (Å²) >= 11 is 6.67. The zero-order chi connectivity index (χ0) is 21.7. The number of aliphatic carboxylic acids is 1. The van der Waals surface area contributed by atoms with Crippen molar-refractivity contribution in [3.05, 3.63) is 68.6 Å². The molecule has 0 aliphatic carbocycles. The first-order chi connectivity index (χ1) is 14.4. The number of carboxylic acid groups (broad SMARTS) is 1. The molecule has 1 amide bonds.